The lowest BCUT2D eigenvalue weighted by Crippen LogP contribution is -2.37. The zero-order chi connectivity index (χ0) is 12.0. The van der Waals surface area contributed by atoms with Crippen LogP contribution < -0.4 is 0 Å². The monoisotopic (exact) mass is 228 g/mol. The van der Waals surface area contributed by atoms with Crippen LogP contribution in [0.5, 0.6) is 0 Å². The van der Waals surface area contributed by atoms with Crippen molar-refractivity contribution in [3.8, 4) is 12.3 Å². The van der Waals surface area contributed by atoms with Crippen molar-refractivity contribution < 1.29 is 24.1 Å². The van der Waals surface area contributed by atoms with Crippen molar-refractivity contribution in [3.05, 3.63) is 0 Å². The number of carbonyl (C=O) groups is 1. The summed E-state index contributed by atoms with van der Waals surface area (Å²) in [6.07, 6.45) is 3.35. The third kappa shape index (κ3) is 3.40. The van der Waals surface area contributed by atoms with E-state index in [2.05, 4.69) is 5.92 Å². The molecule has 0 aromatic heterocycles. The van der Waals surface area contributed by atoms with Gasteiger partial charge in [0.05, 0.1) is 12.7 Å². The maximum absolute atomic E-state index is 11.2. The molecule has 1 fully saturated rings. The lowest BCUT2D eigenvalue weighted by molar-refractivity contribution is -0.0477. The van der Waals surface area contributed by atoms with E-state index in [-0.39, 0.29) is 6.61 Å². The first-order chi connectivity index (χ1) is 7.69. The van der Waals surface area contributed by atoms with Gasteiger partial charge in [0.25, 0.3) is 0 Å². The largest absolute Gasteiger partial charge is 0.509 e. The van der Waals surface area contributed by atoms with Crippen LogP contribution in [0.2, 0.25) is 0 Å². The third-order valence-corrected chi connectivity index (χ3v) is 2.21. The molecule has 0 spiro atoms. The molecule has 0 bridgehead atoms. The van der Waals surface area contributed by atoms with E-state index in [4.69, 9.17) is 20.6 Å². The van der Waals surface area contributed by atoms with E-state index in [9.17, 15) is 9.90 Å². The van der Waals surface area contributed by atoms with Crippen molar-refractivity contribution in [1.29, 1.82) is 0 Å². The number of hydrogen-bond donors (Lipinski definition) is 1. The predicted octanol–water partition coefficient (Wildman–Crippen LogP) is 0.701. The highest BCUT2D eigenvalue weighted by Gasteiger charge is 2.35. The van der Waals surface area contributed by atoms with Crippen LogP contribution in [0.3, 0.4) is 0 Å². The summed E-state index contributed by atoms with van der Waals surface area (Å²) in [5, 5.41) is 9.53. The molecular weight excluding hydrogens is 212 g/mol. The van der Waals surface area contributed by atoms with E-state index >= 15 is 0 Å². The average molecular weight is 228 g/mol. The number of aliphatic hydroxyl groups excluding tert-OH is 1. The molecule has 0 amide bonds. The van der Waals surface area contributed by atoms with Gasteiger partial charge in [-0.3, -0.25) is 0 Å². The molecule has 5 heteroatoms. The van der Waals surface area contributed by atoms with E-state index < -0.39 is 24.5 Å². The quantitative estimate of drug-likeness (QED) is 0.567. The van der Waals surface area contributed by atoms with Gasteiger partial charge in [0, 0.05) is 6.61 Å². The zero-order valence-corrected chi connectivity index (χ0v) is 9.22. The van der Waals surface area contributed by atoms with Crippen LogP contribution in [0.1, 0.15) is 19.8 Å². The summed E-state index contributed by atoms with van der Waals surface area (Å²) in [5.41, 5.74) is 0. The van der Waals surface area contributed by atoms with Crippen molar-refractivity contribution in [1.82, 2.24) is 0 Å². The van der Waals surface area contributed by atoms with Crippen LogP contribution in [0, 0.1) is 12.3 Å². The second-order valence-electron chi connectivity index (χ2n) is 3.50. The molecule has 0 aliphatic carbocycles. The Morgan fingerprint density at radius 2 is 2.50 bits per heavy atom. The molecule has 5 nitrogen and oxygen atoms in total. The lowest BCUT2D eigenvalue weighted by Gasteiger charge is -2.20. The first kappa shape index (κ1) is 12.8. The number of aliphatic hydroxyl groups is 1. The molecule has 0 saturated carbocycles. The Morgan fingerprint density at radius 3 is 3.00 bits per heavy atom. The van der Waals surface area contributed by atoms with E-state index in [0.29, 0.717) is 19.4 Å². The number of hydrogen-bond acceptors (Lipinski definition) is 5. The second kappa shape index (κ2) is 6.36. The van der Waals surface area contributed by atoms with Crippen molar-refractivity contribution in [3.63, 3.8) is 0 Å². The molecule has 1 N–H and O–H groups in total. The zero-order valence-electron chi connectivity index (χ0n) is 9.22. The second-order valence-corrected chi connectivity index (χ2v) is 3.50. The number of ether oxygens (including phenoxy) is 3. The van der Waals surface area contributed by atoms with E-state index in [1.807, 2.05) is 6.92 Å². The Labute approximate surface area is 94.7 Å². The average Bonchev–Trinajstić information content (AvgIpc) is 2.69. The van der Waals surface area contributed by atoms with Crippen LogP contribution in [-0.2, 0) is 14.2 Å². The van der Waals surface area contributed by atoms with Gasteiger partial charge in [-0.25, -0.2) is 4.79 Å². The molecule has 90 valence electrons. The Balaban J connectivity index is 2.43. The highest BCUT2D eigenvalue weighted by molar-refractivity contribution is 5.60. The maximum Gasteiger partial charge on any atom is 0.509 e. The van der Waals surface area contributed by atoms with Crippen LogP contribution >= 0.6 is 0 Å². The fraction of sp³-hybridized carbons (Fsp3) is 0.727. The van der Waals surface area contributed by atoms with E-state index in [0.717, 1.165) is 0 Å². The summed E-state index contributed by atoms with van der Waals surface area (Å²) in [6.45, 7) is 2.57. The minimum absolute atomic E-state index is 0.282. The summed E-state index contributed by atoms with van der Waals surface area (Å²) < 4.78 is 14.8. The third-order valence-electron chi connectivity index (χ3n) is 2.21. The number of terminal acetylenes is 1. The maximum atomic E-state index is 11.2. The van der Waals surface area contributed by atoms with Gasteiger partial charge in [-0.05, 0) is 12.8 Å². The van der Waals surface area contributed by atoms with Gasteiger partial charge < -0.3 is 19.3 Å². The fourth-order valence-electron chi connectivity index (χ4n) is 1.41. The SMILES string of the molecule is C#CC(OC(=O)OCCC)C1OCCC1O. The number of rotatable bonds is 4. The topological polar surface area (TPSA) is 65.0 Å². The fourth-order valence-corrected chi connectivity index (χ4v) is 1.41. The molecule has 1 saturated heterocycles. The molecule has 0 aromatic carbocycles. The Hall–Kier alpha value is -1.25. The van der Waals surface area contributed by atoms with Gasteiger partial charge in [-0.2, -0.15) is 0 Å². The first-order valence-electron chi connectivity index (χ1n) is 5.28. The smallest absolute Gasteiger partial charge is 0.434 e. The van der Waals surface area contributed by atoms with Crippen molar-refractivity contribution >= 4 is 6.16 Å². The molecule has 0 aromatic rings. The summed E-state index contributed by atoms with van der Waals surface area (Å²) in [7, 11) is 0. The summed E-state index contributed by atoms with van der Waals surface area (Å²) in [5.74, 6) is 2.27. The Kier molecular flexibility index (Phi) is 5.09. The first-order valence-corrected chi connectivity index (χ1v) is 5.28. The minimum atomic E-state index is -0.901. The van der Waals surface area contributed by atoms with Crippen molar-refractivity contribution in [2.75, 3.05) is 13.2 Å². The van der Waals surface area contributed by atoms with Gasteiger partial charge in [0.2, 0.25) is 0 Å². The summed E-state index contributed by atoms with van der Waals surface area (Å²) in [6, 6.07) is 0. The molecule has 1 rings (SSSR count). The molecule has 1 aliphatic heterocycles. The highest BCUT2D eigenvalue weighted by atomic mass is 16.7. The molecule has 1 aliphatic rings. The van der Waals surface area contributed by atoms with Crippen LogP contribution in [0.25, 0.3) is 0 Å². The van der Waals surface area contributed by atoms with Gasteiger partial charge >= 0.3 is 6.16 Å². The number of carbonyl (C=O) groups excluding carboxylic acids is 1. The summed E-state index contributed by atoms with van der Waals surface area (Å²) >= 11 is 0. The van der Waals surface area contributed by atoms with Crippen molar-refractivity contribution in [2.24, 2.45) is 0 Å². The van der Waals surface area contributed by atoms with Gasteiger partial charge in [0.15, 0.2) is 6.10 Å². The predicted molar refractivity (Wildman–Crippen MR) is 55.7 cm³/mol. The lowest BCUT2D eigenvalue weighted by atomic mass is 10.1. The normalized spacial score (nSPS) is 25.8. The van der Waals surface area contributed by atoms with Crippen LogP contribution in [0.4, 0.5) is 4.79 Å². The van der Waals surface area contributed by atoms with Crippen molar-refractivity contribution in [2.45, 2.75) is 38.1 Å². The highest BCUT2D eigenvalue weighted by Crippen LogP contribution is 2.18. The molecule has 3 atom stereocenters. The Bertz CT molecular complexity index is 270. The molecule has 3 unspecified atom stereocenters. The molecule has 16 heavy (non-hydrogen) atoms. The Morgan fingerprint density at radius 1 is 1.75 bits per heavy atom. The standard InChI is InChI=1S/C11H16O5/c1-3-6-15-11(13)16-9(4-2)10-8(12)5-7-14-10/h2,8-10,12H,3,5-7H2,1H3. The van der Waals surface area contributed by atoms with Crippen LogP contribution in [0.15, 0.2) is 0 Å². The van der Waals surface area contributed by atoms with Gasteiger partial charge in [-0.15, -0.1) is 6.42 Å². The van der Waals surface area contributed by atoms with E-state index in [1.165, 1.54) is 0 Å². The van der Waals surface area contributed by atoms with Gasteiger partial charge in [0.1, 0.15) is 6.10 Å². The minimum Gasteiger partial charge on any atom is -0.434 e. The van der Waals surface area contributed by atoms with Gasteiger partial charge in [-0.1, -0.05) is 12.8 Å². The summed E-state index contributed by atoms with van der Waals surface area (Å²) in [4.78, 5) is 11.2. The molecule has 1 heterocycles. The van der Waals surface area contributed by atoms with E-state index in [1.54, 1.807) is 0 Å². The molecular formula is C11H16O5. The molecule has 0 radical (unpaired) electrons. The van der Waals surface area contributed by atoms with Crippen LogP contribution in [-0.4, -0.2) is 42.8 Å².